The molecular weight excluding hydrogens is 250 g/mol. The van der Waals surface area contributed by atoms with Gasteiger partial charge in [-0.25, -0.2) is 4.79 Å². The molecule has 19 heavy (non-hydrogen) atoms. The number of aliphatic carboxylic acids is 1. The number of carboxylic acids is 1. The monoisotopic (exact) mass is 267 g/mol. The zero-order chi connectivity index (χ0) is 13.7. The van der Waals surface area contributed by atoms with Crippen molar-refractivity contribution < 1.29 is 14.7 Å². The van der Waals surface area contributed by atoms with Gasteiger partial charge in [-0.15, -0.1) is 5.10 Å². The normalized spacial score (nSPS) is 16.4. The fourth-order valence-electron chi connectivity index (χ4n) is 2.16. The Kier molecular flexibility index (Phi) is 3.98. The van der Waals surface area contributed by atoms with Gasteiger partial charge in [0.15, 0.2) is 0 Å². The highest BCUT2D eigenvalue weighted by Crippen LogP contribution is 2.34. The smallest absolute Gasteiger partial charge is 0.315 e. The average Bonchev–Trinajstić information content (AvgIpc) is 2.78. The summed E-state index contributed by atoms with van der Waals surface area (Å²) in [6.45, 7) is 0.942. The summed E-state index contributed by atoms with van der Waals surface area (Å²) in [4.78, 5) is 22.5. The van der Waals surface area contributed by atoms with Crippen molar-refractivity contribution in [1.82, 2.24) is 25.6 Å². The molecule has 1 fully saturated rings. The number of nitrogens with one attached hydrogen (secondary N) is 2. The Bertz CT molecular complexity index is 441. The molecule has 1 aliphatic rings. The van der Waals surface area contributed by atoms with Gasteiger partial charge in [0.1, 0.15) is 0 Å². The van der Waals surface area contributed by atoms with Crippen molar-refractivity contribution in [2.75, 3.05) is 6.54 Å². The maximum atomic E-state index is 11.7. The first-order chi connectivity index (χ1) is 9.10. The van der Waals surface area contributed by atoms with Crippen molar-refractivity contribution in [2.45, 2.75) is 37.8 Å². The number of carboxylic acid groups (broad SMARTS) is 1. The Hall–Kier alpha value is -2.12. The third kappa shape index (κ3) is 3.67. The van der Waals surface area contributed by atoms with Crippen LogP contribution in [0.25, 0.3) is 0 Å². The van der Waals surface area contributed by atoms with Gasteiger partial charge in [0.05, 0.1) is 24.7 Å². The predicted octanol–water partition coefficient (Wildman–Crippen LogP) is -0.0253. The van der Waals surface area contributed by atoms with Gasteiger partial charge in [-0.3, -0.25) is 9.48 Å². The molecule has 104 valence electrons. The highest BCUT2D eigenvalue weighted by atomic mass is 16.4. The molecule has 1 aromatic heterocycles. The minimum atomic E-state index is -0.886. The van der Waals surface area contributed by atoms with E-state index in [1.54, 1.807) is 17.1 Å². The Balaban J connectivity index is 1.72. The van der Waals surface area contributed by atoms with Crippen LogP contribution in [0.4, 0.5) is 4.79 Å². The lowest BCUT2D eigenvalue weighted by Crippen LogP contribution is -2.57. The third-order valence-corrected chi connectivity index (χ3v) is 3.28. The predicted molar refractivity (Wildman–Crippen MR) is 65.4 cm³/mol. The summed E-state index contributed by atoms with van der Waals surface area (Å²) in [5, 5.41) is 21.7. The standard InChI is InChI=1S/C11H17N5O3/c17-9(18)8-11(2-1-3-11)14-10(19)12-4-6-16-7-5-13-15-16/h5,7H,1-4,6,8H2,(H,17,18)(H2,12,14,19). The van der Waals surface area contributed by atoms with Crippen LogP contribution in [0.2, 0.25) is 0 Å². The minimum Gasteiger partial charge on any atom is -0.481 e. The Morgan fingerprint density at radius 3 is 2.74 bits per heavy atom. The lowest BCUT2D eigenvalue weighted by Gasteiger charge is -2.41. The number of carbonyl (C=O) groups is 2. The molecule has 8 heteroatoms. The molecule has 2 amide bonds. The first kappa shape index (κ1) is 13.3. The van der Waals surface area contributed by atoms with Crippen LogP contribution >= 0.6 is 0 Å². The number of hydrogen-bond acceptors (Lipinski definition) is 4. The van der Waals surface area contributed by atoms with E-state index < -0.39 is 11.5 Å². The van der Waals surface area contributed by atoms with Gasteiger partial charge in [-0.05, 0) is 19.3 Å². The van der Waals surface area contributed by atoms with Crippen molar-refractivity contribution >= 4 is 12.0 Å². The van der Waals surface area contributed by atoms with Crippen LogP contribution < -0.4 is 10.6 Å². The van der Waals surface area contributed by atoms with Crippen LogP contribution in [-0.2, 0) is 11.3 Å². The van der Waals surface area contributed by atoms with Crippen molar-refractivity contribution in [3.63, 3.8) is 0 Å². The van der Waals surface area contributed by atoms with Crippen molar-refractivity contribution in [3.8, 4) is 0 Å². The third-order valence-electron chi connectivity index (χ3n) is 3.28. The molecule has 0 atom stereocenters. The Labute approximate surface area is 110 Å². The zero-order valence-corrected chi connectivity index (χ0v) is 10.5. The lowest BCUT2D eigenvalue weighted by atomic mass is 9.74. The molecule has 0 unspecified atom stereocenters. The summed E-state index contributed by atoms with van der Waals surface area (Å²) >= 11 is 0. The summed E-state index contributed by atoms with van der Waals surface area (Å²) in [5.41, 5.74) is -0.566. The van der Waals surface area contributed by atoms with E-state index in [0.717, 1.165) is 19.3 Å². The van der Waals surface area contributed by atoms with Crippen LogP contribution in [0.5, 0.6) is 0 Å². The molecule has 0 saturated heterocycles. The molecule has 0 aromatic carbocycles. The zero-order valence-electron chi connectivity index (χ0n) is 10.5. The fourth-order valence-corrected chi connectivity index (χ4v) is 2.16. The van der Waals surface area contributed by atoms with Crippen molar-refractivity contribution in [1.29, 1.82) is 0 Å². The van der Waals surface area contributed by atoms with Gasteiger partial charge in [0.25, 0.3) is 0 Å². The summed E-state index contributed by atoms with van der Waals surface area (Å²) in [7, 11) is 0. The van der Waals surface area contributed by atoms with Crippen LogP contribution in [0.3, 0.4) is 0 Å². The van der Waals surface area contributed by atoms with E-state index in [4.69, 9.17) is 5.11 Å². The Morgan fingerprint density at radius 2 is 2.21 bits per heavy atom. The molecular formula is C11H17N5O3. The topological polar surface area (TPSA) is 109 Å². The van der Waals surface area contributed by atoms with Gasteiger partial charge in [0.2, 0.25) is 0 Å². The van der Waals surface area contributed by atoms with E-state index >= 15 is 0 Å². The molecule has 1 aromatic rings. The number of hydrogen-bond donors (Lipinski definition) is 3. The number of urea groups is 1. The highest BCUT2D eigenvalue weighted by Gasteiger charge is 2.40. The van der Waals surface area contributed by atoms with Gasteiger partial charge in [0, 0.05) is 12.7 Å². The number of aromatic nitrogens is 3. The first-order valence-corrected chi connectivity index (χ1v) is 6.22. The second-order valence-electron chi connectivity index (χ2n) is 4.75. The first-order valence-electron chi connectivity index (χ1n) is 6.22. The number of rotatable bonds is 6. The molecule has 0 radical (unpaired) electrons. The van der Waals surface area contributed by atoms with Crippen molar-refractivity contribution in [3.05, 3.63) is 12.4 Å². The Morgan fingerprint density at radius 1 is 1.42 bits per heavy atom. The summed E-state index contributed by atoms with van der Waals surface area (Å²) in [6, 6.07) is -0.332. The van der Waals surface area contributed by atoms with Gasteiger partial charge in [-0.1, -0.05) is 5.21 Å². The second-order valence-corrected chi connectivity index (χ2v) is 4.75. The van der Waals surface area contributed by atoms with E-state index in [2.05, 4.69) is 20.9 Å². The van der Waals surface area contributed by atoms with E-state index in [0.29, 0.717) is 13.1 Å². The lowest BCUT2D eigenvalue weighted by molar-refractivity contribution is -0.139. The summed E-state index contributed by atoms with van der Waals surface area (Å²) in [6.07, 6.45) is 5.63. The van der Waals surface area contributed by atoms with E-state index in [-0.39, 0.29) is 12.5 Å². The highest BCUT2D eigenvalue weighted by molar-refractivity contribution is 5.77. The largest absolute Gasteiger partial charge is 0.481 e. The minimum absolute atomic E-state index is 0.0243. The molecule has 1 heterocycles. The van der Waals surface area contributed by atoms with Crippen LogP contribution in [0.15, 0.2) is 12.4 Å². The molecule has 0 aliphatic heterocycles. The molecule has 1 saturated carbocycles. The van der Waals surface area contributed by atoms with Gasteiger partial charge < -0.3 is 15.7 Å². The SMILES string of the molecule is O=C(O)CC1(NC(=O)NCCn2ccnn2)CCC1. The number of amides is 2. The van der Waals surface area contributed by atoms with Crippen LogP contribution in [-0.4, -0.2) is 44.2 Å². The van der Waals surface area contributed by atoms with Crippen molar-refractivity contribution in [2.24, 2.45) is 0 Å². The van der Waals surface area contributed by atoms with Gasteiger partial charge in [-0.2, -0.15) is 0 Å². The maximum absolute atomic E-state index is 11.7. The molecule has 1 aliphatic carbocycles. The molecule has 0 bridgehead atoms. The number of nitrogens with zero attached hydrogens (tertiary/aromatic N) is 3. The molecule has 2 rings (SSSR count). The molecule has 8 nitrogen and oxygen atoms in total. The summed E-state index contributed by atoms with van der Waals surface area (Å²) < 4.78 is 1.61. The second kappa shape index (κ2) is 5.68. The molecule has 0 spiro atoms. The van der Waals surface area contributed by atoms with Gasteiger partial charge >= 0.3 is 12.0 Å². The molecule has 3 N–H and O–H groups in total. The van der Waals surface area contributed by atoms with E-state index in [9.17, 15) is 9.59 Å². The van der Waals surface area contributed by atoms with E-state index in [1.807, 2.05) is 0 Å². The number of carbonyl (C=O) groups excluding carboxylic acids is 1. The summed E-state index contributed by atoms with van der Waals surface area (Å²) in [5.74, 6) is -0.886. The van der Waals surface area contributed by atoms with E-state index in [1.165, 1.54) is 0 Å². The van der Waals surface area contributed by atoms with Crippen LogP contribution in [0, 0.1) is 0 Å². The average molecular weight is 267 g/mol. The fraction of sp³-hybridized carbons (Fsp3) is 0.636. The maximum Gasteiger partial charge on any atom is 0.315 e. The van der Waals surface area contributed by atoms with Crippen LogP contribution in [0.1, 0.15) is 25.7 Å². The quantitative estimate of drug-likeness (QED) is 0.670.